The summed E-state index contributed by atoms with van der Waals surface area (Å²) in [5.41, 5.74) is 1.02. The number of aromatic amines is 1. The molecule has 2 aromatic rings. The molecule has 3 heterocycles. The number of carbonyl (C=O) groups excluding carboxylic acids is 3. The Morgan fingerprint density at radius 2 is 2.00 bits per heavy atom. The average molecular weight is 358 g/mol. The summed E-state index contributed by atoms with van der Waals surface area (Å²) < 4.78 is 0. The van der Waals surface area contributed by atoms with Gasteiger partial charge in [0.1, 0.15) is 0 Å². The molecule has 1 saturated heterocycles. The van der Waals surface area contributed by atoms with Crippen molar-refractivity contribution < 1.29 is 14.4 Å². The van der Waals surface area contributed by atoms with Gasteiger partial charge in [-0.15, -0.1) is 0 Å². The third kappa shape index (κ3) is 3.37. The van der Waals surface area contributed by atoms with Gasteiger partial charge in [-0.1, -0.05) is 13.8 Å². The number of hydrogen-bond acceptors (Lipinski definition) is 5. The summed E-state index contributed by atoms with van der Waals surface area (Å²) in [7, 11) is 0. The minimum absolute atomic E-state index is 0.0612. The first-order chi connectivity index (χ1) is 12.4. The van der Waals surface area contributed by atoms with E-state index in [1.165, 1.54) is 11.1 Å². The number of nitrogens with one attached hydrogen (secondary N) is 2. The van der Waals surface area contributed by atoms with E-state index in [1.54, 1.807) is 17.3 Å². The molecule has 1 unspecified atom stereocenters. The van der Waals surface area contributed by atoms with Gasteiger partial charge in [-0.25, -0.2) is 0 Å². The Hall–Kier alpha value is -2.97. The highest BCUT2D eigenvalue weighted by molar-refractivity contribution is 6.40. The van der Waals surface area contributed by atoms with Crippen LogP contribution in [0.4, 0.5) is 5.69 Å². The topological polar surface area (TPSA) is 111 Å². The first kappa shape index (κ1) is 17.8. The highest BCUT2D eigenvalue weighted by atomic mass is 16.2. The first-order valence-corrected chi connectivity index (χ1v) is 8.56. The van der Waals surface area contributed by atoms with Crippen LogP contribution in [0.1, 0.15) is 20.8 Å². The molecule has 1 aliphatic heterocycles. The van der Waals surface area contributed by atoms with E-state index in [9.17, 15) is 14.4 Å². The van der Waals surface area contributed by atoms with Crippen molar-refractivity contribution in [3.05, 3.63) is 18.6 Å². The van der Waals surface area contributed by atoms with Gasteiger partial charge in [-0.3, -0.25) is 24.5 Å². The molecule has 9 heteroatoms. The molecule has 3 rings (SSSR count). The third-order valence-corrected chi connectivity index (χ3v) is 4.49. The lowest BCUT2D eigenvalue weighted by Crippen LogP contribution is -2.57. The lowest BCUT2D eigenvalue weighted by atomic mass is 10.1. The normalized spacial score (nSPS) is 17.6. The SMILES string of the molecule is CC(C)C(=O)N1CCN(C(=O)C(=O)Nc2cncc3cn[nH]c23)CC1C. The van der Waals surface area contributed by atoms with Crippen LogP contribution >= 0.6 is 0 Å². The van der Waals surface area contributed by atoms with Crippen molar-refractivity contribution in [2.45, 2.75) is 26.8 Å². The molecule has 2 aromatic heterocycles. The predicted molar refractivity (Wildman–Crippen MR) is 95.1 cm³/mol. The number of anilines is 1. The van der Waals surface area contributed by atoms with Crippen molar-refractivity contribution in [3.63, 3.8) is 0 Å². The Bertz CT molecular complexity index is 846. The van der Waals surface area contributed by atoms with Crippen LogP contribution in [0.2, 0.25) is 0 Å². The van der Waals surface area contributed by atoms with Crippen molar-refractivity contribution in [1.29, 1.82) is 0 Å². The summed E-state index contributed by atoms with van der Waals surface area (Å²) in [6.07, 6.45) is 4.67. The maximum Gasteiger partial charge on any atom is 0.314 e. The van der Waals surface area contributed by atoms with Gasteiger partial charge in [0.25, 0.3) is 0 Å². The molecule has 0 saturated carbocycles. The van der Waals surface area contributed by atoms with Crippen LogP contribution in [-0.4, -0.2) is 68.4 Å². The van der Waals surface area contributed by atoms with Crippen LogP contribution in [0.25, 0.3) is 10.9 Å². The Morgan fingerprint density at radius 3 is 2.69 bits per heavy atom. The van der Waals surface area contributed by atoms with E-state index in [2.05, 4.69) is 20.5 Å². The Balaban J connectivity index is 1.65. The summed E-state index contributed by atoms with van der Waals surface area (Å²) in [5.74, 6) is -1.38. The van der Waals surface area contributed by atoms with Gasteiger partial charge < -0.3 is 15.1 Å². The molecule has 138 valence electrons. The number of nitrogens with zero attached hydrogens (tertiary/aromatic N) is 4. The molecule has 0 spiro atoms. The van der Waals surface area contributed by atoms with E-state index in [0.29, 0.717) is 30.8 Å². The second-order valence-electron chi connectivity index (χ2n) is 6.76. The molecule has 2 N–H and O–H groups in total. The molecule has 1 fully saturated rings. The van der Waals surface area contributed by atoms with Gasteiger partial charge in [0, 0.05) is 43.2 Å². The van der Waals surface area contributed by atoms with Gasteiger partial charge >= 0.3 is 11.8 Å². The van der Waals surface area contributed by atoms with Crippen molar-refractivity contribution in [1.82, 2.24) is 25.0 Å². The Kier molecular flexibility index (Phi) is 4.88. The van der Waals surface area contributed by atoms with E-state index in [1.807, 2.05) is 20.8 Å². The summed E-state index contributed by atoms with van der Waals surface area (Å²) in [6, 6.07) is -0.131. The Labute approximate surface area is 150 Å². The van der Waals surface area contributed by atoms with Crippen molar-refractivity contribution >= 4 is 34.3 Å². The largest absolute Gasteiger partial charge is 0.336 e. The van der Waals surface area contributed by atoms with Crippen LogP contribution in [0.15, 0.2) is 18.6 Å². The number of amides is 3. The molecule has 26 heavy (non-hydrogen) atoms. The van der Waals surface area contributed by atoms with E-state index >= 15 is 0 Å². The fraction of sp³-hybridized carbons (Fsp3) is 0.471. The lowest BCUT2D eigenvalue weighted by molar-refractivity contribution is -0.148. The van der Waals surface area contributed by atoms with Crippen molar-refractivity contribution in [2.24, 2.45) is 5.92 Å². The van der Waals surface area contributed by atoms with E-state index in [-0.39, 0.29) is 17.9 Å². The van der Waals surface area contributed by atoms with Gasteiger partial charge in [0.2, 0.25) is 5.91 Å². The van der Waals surface area contributed by atoms with Crippen LogP contribution in [0, 0.1) is 5.92 Å². The fourth-order valence-corrected chi connectivity index (χ4v) is 3.08. The van der Waals surface area contributed by atoms with Gasteiger partial charge in [-0.05, 0) is 6.92 Å². The lowest BCUT2D eigenvalue weighted by Gasteiger charge is -2.40. The van der Waals surface area contributed by atoms with Gasteiger partial charge in [0.05, 0.1) is 23.6 Å². The minimum atomic E-state index is -0.732. The van der Waals surface area contributed by atoms with Crippen LogP contribution in [-0.2, 0) is 14.4 Å². The van der Waals surface area contributed by atoms with Crippen LogP contribution < -0.4 is 5.32 Å². The molecule has 1 aliphatic rings. The van der Waals surface area contributed by atoms with Crippen molar-refractivity contribution in [3.8, 4) is 0 Å². The maximum atomic E-state index is 12.5. The number of aromatic nitrogens is 3. The zero-order valence-corrected chi connectivity index (χ0v) is 15.0. The molecular formula is C17H22N6O3. The summed E-state index contributed by atoms with van der Waals surface area (Å²) in [5, 5.41) is 10.0. The monoisotopic (exact) mass is 358 g/mol. The Morgan fingerprint density at radius 1 is 1.23 bits per heavy atom. The summed E-state index contributed by atoms with van der Waals surface area (Å²) in [4.78, 5) is 44.3. The smallest absolute Gasteiger partial charge is 0.314 e. The standard InChI is InChI=1S/C17H22N6O3/c1-10(2)16(25)23-5-4-22(9-11(23)3)17(26)15(24)20-13-8-18-6-12-7-19-21-14(12)13/h6-8,10-11H,4-5,9H2,1-3H3,(H,19,21)(H,20,24). The van der Waals surface area contributed by atoms with E-state index in [4.69, 9.17) is 0 Å². The van der Waals surface area contributed by atoms with Crippen LogP contribution in [0.3, 0.4) is 0 Å². The van der Waals surface area contributed by atoms with Crippen molar-refractivity contribution in [2.75, 3.05) is 25.0 Å². The first-order valence-electron chi connectivity index (χ1n) is 8.56. The zero-order chi connectivity index (χ0) is 18.8. The highest BCUT2D eigenvalue weighted by Crippen LogP contribution is 2.19. The van der Waals surface area contributed by atoms with Gasteiger partial charge in [0.15, 0.2) is 0 Å². The number of fused-ring (bicyclic) bond motifs is 1. The zero-order valence-electron chi connectivity index (χ0n) is 15.0. The molecule has 9 nitrogen and oxygen atoms in total. The second-order valence-corrected chi connectivity index (χ2v) is 6.76. The summed E-state index contributed by atoms with van der Waals surface area (Å²) >= 11 is 0. The summed E-state index contributed by atoms with van der Waals surface area (Å²) in [6.45, 7) is 6.68. The quantitative estimate of drug-likeness (QED) is 0.764. The molecule has 0 bridgehead atoms. The number of hydrogen-bond donors (Lipinski definition) is 2. The minimum Gasteiger partial charge on any atom is -0.336 e. The highest BCUT2D eigenvalue weighted by Gasteiger charge is 2.33. The number of piperazine rings is 1. The average Bonchev–Trinajstić information content (AvgIpc) is 3.10. The number of pyridine rings is 1. The van der Waals surface area contributed by atoms with E-state index in [0.717, 1.165) is 5.39 Å². The van der Waals surface area contributed by atoms with Gasteiger partial charge in [-0.2, -0.15) is 5.10 Å². The molecule has 1 atom stereocenters. The van der Waals surface area contributed by atoms with E-state index < -0.39 is 11.8 Å². The fourth-order valence-electron chi connectivity index (χ4n) is 3.08. The maximum absolute atomic E-state index is 12.5. The number of carbonyl (C=O) groups is 3. The molecule has 0 radical (unpaired) electrons. The second kappa shape index (κ2) is 7.11. The number of rotatable bonds is 2. The third-order valence-electron chi connectivity index (χ3n) is 4.49. The van der Waals surface area contributed by atoms with Crippen LogP contribution in [0.5, 0.6) is 0 Å². The molecule has 0 aliphatic carbocycles. The molecule has 0 aromatic carbocycles. The molecular weight excluding hydrogens is 336 g/mol. The number of H-pyrrole nitrogens is 1. The molecule has 3 amide bonds. The predicted octanol–water partition coefficient (Wildman–Crippen LogP) is 0.612.